The molecule has 1 unspecified atom stereocenters. The van der Waals surface area contributed by atoms with Gasteiger partial charge in [0.25, 0.3) is 0 Å². The first kappa shape index (κ1) is 14.4. The summed E-state index contributed by atoms with van der Waals surface area (Å²) in [5, 5.41) is 2.45. The average Bonchev–Trinajstić information content (AvgIpc) is 2.92. The van der Waals surface area contributed by atoms with E-state index in [0.29, 0.717) is 12.8 Å². The molecule has 2 rings (SSSR count). The highest BCUT2D eigenvalue weighted by atomic mass is 19.2. The molecule has 1 N–H and O–H groups in total. The van der Waals surface area contributed by atoms with Crippen molar-refractivity contribution in [3.8, 4) is 0 Å². The predicted octanol–water partition coefficient (Wildman–Crippen LogP) is 4.27. The van der Waals surface area contributed by atoms with E-state index >= 15 is 0 Å². The Hall–Kier alpha value is -1.98. The fourth-order valence-electron chi connectivity index (χ4n) is 1.83. The molecule has 6 heteroatoms. The monoisotopic (exact) mass is 287 g/mol. The molecular weight excluding hydrogens is 274 g/mol. The van der Waals surface area contributed by atoms with Gasteiger partial charge in [0.2, 0.25) is 0 Å². The molecule has 1 aromatic carbocycles. The number of furan rings is 1. The Morgan fingerprint density at radius 3 is 2.35 bits per heavy atom. The molecule has 0 aliphatic heterocycles. The van der Waals surface area contributed by atoms with Crippen LogP contribution >= 0.6 is 0 Å². The van der Waals surface area contributed by atoms with Crippen molar-refractivity contribution in [3.63, 3.8) is 0 Å². The van der Waals surface area contributed by atoms with E-state index in [0.717, 1.165) is 5.76 Å². The molecule has 20 heavy (non-hydrogen) atoms. The molecule has 108 valence electrons. The van der Waals surface area contributed by atoms with Crippen molar-refractivity contribution < 1.29 is 22.0 Å². The molecule has 1 aromatic heterocycles. The van der Waals surface area contributed by atoms with Gasteiger partial charge in [0.05, 0.1) is 6.26 Å². The molecule has 2 nitrogen and oxygen atoms in total. The van der Waals surface area contributed by atoms with Crippen LogP contribution in [0.5, 0.6) is 0 Å². The summed E-state index contributed by atoms with van der Waals surface area (Å²) in [6.45, 7) is 1.66. The number of anilines is 1. The van der Waals surface area contributed by atoms with Gasteiger partial charge in [-0.3, -0.25) is 0 Å². The number of rotatable bonds is 5. The van der Waals surface area contributed by atoms with Crippen LogP contribution in [0.4, 0.5) is 23.2 Å². The fraction of sp³-hybridized carbons (Fsp3) is 0.286. The maximum atomic E-state index is 13.5. The summed E-state index contributed by atoms with van der Waals surface area (Å²) in [4.78, 5) is 0. The molecule has 0 radical (unpaired) electrons. The Morgan fingerprint density at radius 1 is 1.15 bits per heavy atom. The molecule has 1 heterocycles. The highest BCUT2D eigenvalue weighted by Crippen LogP contribution is 2.25. The normalized spacial score (nSPS) is 12.4. The SMILES string of the molecule is CC(CCc1ccco1)Nc1c(F)c(F)cc(F)c1F. The lowest BCUT2D eigenvalue weighted by molar-refractivity contribution is 0.455. The van der Waals surface area contributed by atoms with Crippen LogP contribution in [0.2, 0.25) is 0 Å². The van der Waals surface area contributed by atoms with E-state index in [-0.39, 0.29) is 12.1 Å². The summed E-state index contributed by atoms with van der Waals surface area (Å²) >= 11 is 0. The molecule has 0 saturated heterocycles. The maximum Gasteiger partial charge on any atom is 0.185 e. The van der Waals surface area contributed by atoms with Crippen LogP contribution in [0.1, 0.15) is 19.1 Å². The van der Waals surface area contributed by atoms with Gasteiger partial charge in [-0.2, -0.15) is 0 Å². The molecule has 0 fully saturated rings. The van der Waals surface area contributed by atoms with Crippen molar-refractivity contribution in [1.82, 2.24) is 0 Å². The summed E-state index contributed by atoms with van der Waals surface area (Å²) in [5.74, 6) is -4.97. The predicted molar refractivity (Wildman–Crippen MR) is 66.4 cm³/mol. The van der Waals surface area contributed by atoms with E-state index in [1.54, 1.807) is 19.1 Å². The van der Waals surface area contributed by atoms with Gasteiger partial charge >= 0.3 is 0 Å². The second kappa shape index (κ2) is 5.98. The fourth-order valence-corrected chi connectivity index (χ4v) is 1.83. The first-order valence-corrected chi connectivity index (χ1v) is 6.11. The molecule has 0 spiro atoms. The zero-order valence-electron chi connectivity index (χ0n) is 10.7. The van der Waals surface area contributed by atoms with Crippen LogP contribution < -0.4 is 5.32 Å². The topological polar surface area (TPSA) is 25.2 Å². The largest absolute Gasteiger partial charge is 0.469 e. The van der Waals surface area contributed by atoms with E-state index < -0.39 is 29.0 Å². The zero-order valence-corrected chi connectivity index (χ0v) is 10.7. The van der Waals surface area contributed by atoms with E-state index in [1.807, 2.05) is 0 Å². The number of aryl methyl sites for hydroxylation is 1. The van der Waals surface area contributed by atoms with E-state index in [9.17, 15) is 17.6 Å². The van der Waals surface area contributed by atoms with Crippen LogP contribution in [0.3, 0.4) is 0 Å². The summed E-state index contributed by atoms with van der Waals surface area (Å²) < 4.78 is 58.1. The number of hydrogen-bond donors (Lipinski definition) is 1. The van der Waals surface area contributed by atoms with Crippen molar-refractivity contribution in [3.05, 3.63) is 53.5 Å². The molecule has 2 aromatic rings. The van der Waals surface area contributed by atoms with Gasteiger partial charge in [-0.1, -0.05) is 0 Å². The van der Waals surface area contributed by atoms with Gasteiger partial charge in [0.15, 0.2) is 23.3 Å². The van der Waals surface area contributed by atoms with Crippen molar-refractivity contribution in [2.45, 2.75) is 25.8 Å². The van der Waals surface area contributed by atoms with Crippen LogP contribution in [-0.4, -0.2) is 6.04 Å². The van der Waals surface area contributed by atoms with Crippen LogP contribution in [0.25, 0.3) is 0 Å². The van der Waals surface area contributed by atoms with Crippen LogP contribution in [-0.2, 0) is 6.42 Å². The maximum absolute atomic E-state index is 13.5. The summed E-state index contributed by atoms with van der Waals surface area (Å²) in [5.41, 5.74) is -0.783. The Morgan fingerprint density at radius 2 is 1.80 bits per heavy atom. The molecule has 0 aliphatic rings. The van der Waals surface area contributed by atoms with Gasteiger partial charge < -0.3 is 9.73 Å². The van der Waals surface area contributed by atoms with Crippen molar-refractivity contribution >= 4 is 5.69 Å². The third kappa shape index (κ3) is 3.12. The highest BCUT2D eigenvalue weighted by Gasteiger charge is 2.20. The highest BCUT2D eigenvalue weighted by molar-refractivity contribution is 5.47. The first-order chi connectivity index (χ1) is 9.49. The number of nitrogens with one attached hydrogen (secondary N) is 1. The quantitative estimate of drug-likeness (QED) is 0.656. The minimum Gasteiger partial charge on any atom is -0.469 e. The lowest BCUT2D eigenvalue weighted by Crippen LogP contribution is -2.19. The van der Waals surface area contributed by atoms with Crippen molar-refractivity contribution in [1.29, 1.82) is 0 Å². The average molecular weight is 287 g/mol. The molecule has 0 saturated carbocycles. The van der Waals surface area contributed by atoms with Crippen molar-refractivity contribution in [2.75, 3.05) is 5.32 Å². The Kier molecular flexibility index (Phi) is 4.32. The first-order valence-electron chi connectivity index (χ1n) is 6.11. The second-order valence-corrected chi connectivity index (χ2v) is 4.51. The molecule has 0 bridgehead atoms. The molecular formula is C14H13F4NO. The lowest BCUT2D eigenvalue weighted by atomic mass is 10.1. The number of hydrogen-bond acceptors (Lipinski definition) is 2. The Balaban J connectivity index is 2.06. The standard InChI is InChI=1S/C14H13F4NO/c1-8(4-5-9-3-2-6-20-9)19-14-12(17)10(15)7-11(16)13(14)18/h2-3,6-8,19H,4-5H2,1H3. The minimum absolute atomic E-state index is 0.184. The lowest BCUT2D eigenvalue weighted by Gasteiger charge is -2.16. The van der Waals surface area contributed by atoms with Gasteiger partial charge in [-0.25, -0.2) is 17.6 Å². The van der Waals surface area contributed by atoms with Gasteiger partial charge in [0, 0.05) is 18.5 Å². The molecule has 0 aliphatic carbocycles. The Labute approximate surface area is 113 Å². The second-order valence-electron chi connectivity index (χ2n) is 4.51. The third-order valence-corrected chi connectivity index (χ3v) is 2.91. The van der Waals surface area contributed by atoms with Crippen LogP contribution in [0.15, 0.2) is 28.9 Å². The number of halogens is 4. The summed E-state index contributed by atoms with van der Waals surface area (Å²) in [6.07, 6.45) is 2.56. The summed E-state index contributed by atoms with van der Waals surface area (Å²) in [6, 6.07) is 3.30. The van der Waals surface area contributed by atoms with E-state index in [4.69, 9.17) is 4.42 Å². The molecule has 1 atom stereocenters. The van der Waals surface area contributed by atoms with Crippen LogP contribution in [0, 0.1) is 23.3 Å². The van der Waals surface area contributed by atoms with Gasteiger partial charge in [-0.05, 0) is 25.5 Å². The van der Waals surface area contributed by atoms with Gasteiger partial charge in [0.1, 0.15) is 11.4 Å². The zero-order chi connectivity index (χ0) is 14.7. The van der Waals surface area contributed by atoms with E-state index in [1.165, 1.54) is 6.26 Å². The van der Waals surface area contributed by atoms with Gasteiger partial charge in [-0.15, -0.1) is 0 Å². The molecule has 0 amide bonds. The summed E-state index contributed by atoms with van der Waals surface area (Å²) in [7, 11) is 0. The minimum atomic E-state index is -1.43. The number of benzene rings is 1. The Bertz CT molecular complexity index is 557. The third-order valence-electron chi connectivity index (χ3n) is 2.91. The van der Waals surface area contributed by atoms with E-state index in [2.05, 4.69) is 5.32 Å². The van der Waals surface area contributed by atoms with Crippen molar-refractivity contribution in [2.24, 2.45) is 0 Å². The smallest absolute Gasteiger partial charge is 0.185 e.